The number of ether oxygens (including phenoxy) is 3. The zero-order valence-electron chi connectivity index (χ0n) is 15.5. The van der Waals surface area contributed by atoms with Crippen molar-refractivity contribution in [3.05, 3.63) is 65.9 Å². The number of aromatic amines is 1. The van der Waals surface area contributed by atoms with Crippen LogP contribution in [0.15, 0.2) is 54.7 Å². The third-order valence-electron chi connectivity index (χ3n) is 4.18. The predicted octanol–water partition coefficient (Wildman–Crippen LogP) is 4.49. The Kier molecular flexibility index (Phi) is 5.61. The van der Waals surface area contributed by atoms with Crippen LogP contribution >= 0.6 is 0 Å². The van der Waals surface area contributed by atoms with E-state index in [0.29, 0.717) is 17.2 Å². The molecule has 1 N–H and O–H groups in total. The molecule has 0 saturated carbocycles. The normalized spacial score (nSPS) is 11.4. The van der Waals surface area contributed by atoms with E-state index in [-0.39, 0.29) is 5.78 Å². The topological polar surface area (TPSA) is 60.6 Å². The van der Waals surface area contributed by atoms with Gasteiger partial charge in [0, 0.05) is 17.1 Å². The molecule has 0 fully saturated rings. The molecule has 0 unspecified atom stereocenters. The lowest BCUT2D eigenvalue weighted by molar-refractivity contribution is -0.110. The van der Waals surface area contributed by atoms with Crippen LogP contribution in [0.25, 0.3) is 23.1 Å². The Balaban J connectivity index is 1.78. The summed E-state index contributed by atoms with van der Waals surface area (Å²) in [5.74, 6) is 1.48. The average molecular weight is 363 g/mol. The smallest absolute Gasteiger partial charge is 0.203 e. The fraction of sp³-hybridized carbons (Fsp3) is 0.136. The minimum Gasteiger partial charge on any atom is -0.493 e. The molecule has 27 heavy (non-hydrogen) atoms. The molecule has 0 radical (unpaired) electrons. The summed E-state index contributed by atoms with van der Waals surface area (Å²) in [6.45, 7) is 0. The first-order valence-corrected chi connectivity index (χ1v) is 8.42. The van der Waals surface area contributed by atoms with Crippen LogP contribution in [-0.2, 0) is 4.79 Å². The van der Waals surface area contributed by atoms with Gasteiger partial charge in [0.1, 0.15) is 0 Å². The van der Waals surface area contributed by atoms with Gasteiger partial charge in [-0.15, -0.1) is 0 Å². The predicted molar refractivity (Wildman–Crippen MR) is 107 cm³/mol. The van der Waals surface area contributed by atoms with Crippen LogP contribution in [-0.4, -0.2) is 32.1 Å². The number of nitrogens with one attached hydrogen (secondary N) is 1. The number of hydrogen-bond acceptors (Lipinski definition) is 4. The highest BCUT2D eigenvalue weighted by Gasteiger charge is 2.12. The highest BCUT2D eigenvalue weighted by atomic mass is 16.5. The van der Waals surface area contributed by atoms with Gasteiger partial charge in [-0.1, -0.05) is 24.3 Å². The Morgan fingerprint density at radius 2 is 1.59 bits per heavy atom. The maximum atomic E-state index is 12.2. The zero-order valence-corrected chi connectivity index (χ0v) is 15.5. The molecule has 5 heteroatoms. The van der Waals surface area contributed by atoms with E-state index in [9.17, 15) is 4.79 Å². The minimum absolute atomic E-state index is 0.117. The molecule has 1 aromatic heterocycles. The first-order chi connectivity index (χ1) is 13.2. The highest BCUT2D eigenvalue weighted by Crippen LogP contribution is 2.38. The molecule has 0 saturated heterocycles. The molecule has 3 aromatic rings. The van der Waals surface area contributed by atoms with Crippen LogP contribution < -0.4 is 14.2 Å². The molecule has 0 amide bonds. The third kappa shape index (κ3) is 4.03. The summed E-state index contributed by atoms with van der Waals surface area (Å²) in [6.07, 6.45) is 8.46. The van der Waals surface area contributed by atoms with Gasteiger partial charge in [-0.2, -0.15) is 0 Å². The summed E-state index contributed by atoms with van der Waals surface area (Å²) in [5, 5.41) is 1.08. The molecular weight excluding hydrogens is 342 g/mol. The highest BCUT2D eigenvalue weighted by molar-refractivity contribution is 6.05. The summed E-state index contributed by atoms with van der Waals surface area (Å²) in [6, 6.07) is 11.5. The monoisotopic (exact) mass is 363 g/mol. The first-order valence-electron chi connectivity index (χ1n) is 8.42. The van der Waals surface area contributed by atoms with Gasteiger partial charge in [-0.3, -0.25) is 4.79 Å². The van der Waals surface area contributed by atoms with E-state index in [1.807, 2.05) is 30.5 Å². The van der Waals surface area contributed by atoms with E-state index in [4.69, 9.17) is 14.2 Å². The Bertz CT molecular complexity index is 989. The van der Waals surface area contributed by atoms with Crippen molar-refractivity contribution in [1.82, 2.24) is 4.98 Å². The maximum Gasteiger partial charge on any atom is 0.203 e. The van der Waals surface area contributed by atoms with Crippen LogP contribution in [0.5, 0.6) is 17.2 Å². The lowest BCUT2D eigenvalue weighted by atomic mass is 10.1. The van der Waals surface area contributed by atoms with Gasteiger partial charge in [-0.25, -0.2) is 0 Å². The van der Waals surface area contributed by atoms with Gasteiger partial charge in [0.05, 0.1) is 21.3 Å². The standard InChI is InChI=1S/C22H21NO4/c1-25-20-12-15(13-21(26-2)22(20)27-3)8-10-17(24)11-9-16-14-23-19-7-5-4-6-18(16)19/h4-14,23H,1-3H3/b10-8+,11-9+. The third-order valence-corrected chi connectivity index (χ3v) is 4.18. The molecule has 138 valence electrons. The summed E-state index contributed by atoms with van der Waals surface area (Å²) < 4.78 is 15.9. The number of H-pyrrole nitrogens is 1. The van der Waals surface area contributed by atoms with E-state index in [0.717, 1.165) is 22.0 Å². The molecule has 0 aliphatic rings. The van der Waals surface area contributed by atoms with Crippen molar-refractivity contribution in [2.24, 2.45) is 0 Å². The fourth-order valence-corrected chi connectivity index (χ4v) is 2.84. The zero-order chi connectivity index (χ0) is 19.2. The first kappa shape index (κ1) is 18.3. The average Bonchev–Trinajstić information content (AvgIpc) is 3.12. The summed E-state index contributed by atoms with van der Waals surface area (Å²) in [5.41, 5.74) is 2.79. The van der Waals surface area contributed by atoms with E-state index in [1.165, 1.54) is 6.08 Å². The van der Waals surface area contributed by atoms with Gasteiger partial charge in [-0.05, 0) is 47.6 Å². The number of carbonyl (C=O) groups is 1. The van der Waals surface area contributed by atoms with E-state index in [1.54, 1.807) is 51.7 Å². The van der Waals surface area contributed by atoms with Gasteiger partial charge in [0.15, 0.2) is 17.3 Å². The molecule has 0 spiro atoms. The fourth-order valence-electron chi connectivity index (χ4n) is 2.84. The number of allylic oxidation sites excluding steroid dienone is 2. The Labute approximate surface area is 157 Å². The number of carbonyl (C=O) groups excluding carboxylic acids is 1. The van der Waals surface area contributed by atoms with Gasteiger partial charge >= 0.3 is 0 Å². The maximum absolute atomic E-state index is 12.2. The van der Waals surface area contributed by atoms with Crippen LogP contribution in [0.3, 0.4) is 0 Å². The molecule has 5 nitrogen and oxygen atoms in total. The van der Waals surface area contributed by atoms with Crippen LogP contribution in [0.4, 0.5) is 0 Å². The Morgan fingerprint density at radius 3 is 2.26 bits per heavy atom. The summed E-state index contributed by atoms with van der Waals surface area (Å²) in [7, 11) is 4.66. The van der Waals surface area contributed by atoms with Crippen LogP contribution in [0, 0.1) is 0 Å². The molecule has 3 rings (SSSR count). The second kappa shape index (κ2) is 8.27. The molecular formula is C22H21NO4. The number of methoxy groups -OCH3 is 3. The number of benzene rings is 2. The SMILES string of the molecule is COc1cc(/C=C/C(=O)/C=C/c2c[nH]c3ccccc23)cc(OC)c1OC. The van der Waals surface area contributed by atoms with Crippen LogP contribution in [0.2, 0.25) is 0 Å². The number of para-hydroxylation sites is 1. The van der Waals surface area contributed by atoms with Crippen molar-refractivity contribution in [3.63, 3.8) is 0 Å². The van der Waals surface area contributed by atoms with Gasteiger partial charge < -0.3 is 19.2 Å². The number of fused-ring (bicyclic) bond motifs is 1. The van der Waals surface area contributed by atoms with Gasteiger partial charge in [0.2, 0.25) is 5.75 Å². The largest absolute Gasteiger partial charge is 0.493 e. The summed E-state index contributed by atoms with van der Waals surface area (Å²) >= 11 is 0. The van der Waals surface area contributed by atoms with E-state index < -0.39 is 0 Å². The number of ketones is 1. The van der Waals surface area contributed by atoms with Crippen molar-refractivity contribution in [3.8, 4) is 17.2 Å². The lowest BCUT2D eigenvalue weighted by Gasteiger charge is -2.12. The van der Waals surface area contributed by atoms with Crippen molar-refractivity contribution in [1.29, 1.82) is 0 Å². The van der Waals surface area contributed by atoms with Crippen molar-refractivity contribution >= 4 is 28.8 Å². The number of rotatable bonds is 7. The van der Waals surface area contributed by atoms with E-state index in [2.05, 4.69) is 4.98 Å². The molecule has 2 aromatic carbocycles. The molecule has 0 aliphatic carbocycles. The second-order valence-corrected chi connectivity index (χ2v) is 5.82. The van der Waals surface area contributed by atoms with Gasteiger partial charge in [0.25, 0.3) is 0 Å². The van der Waals surface area contributed by atoms with Crippen LogP contribution in [0.1, 0.15) is 11.1 Å². The second-order valence-electron chi connectivity index (χ2n) is 5.82. The summed E-state index contributed by atoms with van der Waals surface area (Å²) in [4.78, 5) is 15.4. The Morgan fingerprint density at radius 1 is 0.926 bits per heavy atom. The number of aromatic nitrogens is 1. The van der Waals surface area contributed by atoms with E-state index >= 15 is 0 Å². The molecule has 0 bridgehead atoms. The minimum atomic E-state index is -0.117. The molecule has 1 heterocycles. The lowest BCUT2D eigenvalue weighted by Crippen LogP contribution is -1.95. The molecule has 0 aliphatic heterocycles. The van der Waals surface area contributed by atoms with Crippen molar-refractivity contribution < 1.29 is 19.0 Å². The Hall–Kier alpha value is -3.47. The molecule has 0 atom stereocenters. The number of hydrogen-bond donors (Lipinski definition) is 1. The quantitative estimate of drug-likeness (QED) is 0.628. The van der Waals surface area contributed by atoms with Crippen molar-refractivity contribution in [2.45, 2.75) is 0 Å². The van der Waals surface area contributed by atoms with Crippen molar-refractivity contribution in [2.75, 3.05) is 21.3 Å².